The molecule has 7 nitrogen and oxygen atoms in total. The van der Waals surface area contributed by atoms with Gasteiger partial charge in [-0.25, -0.2) is 4.98 Å². The van der Waals surface area contributed by atoms with Crippen LogP contribution in [0.4, 0.5) is 0 Å². The highest BCUT2D eigenvalue weighted by molar-refractivity contribution is 9.10. The van der Waals surface area contributed by atoms with E-state index in [9.17, 15) is 4.79 Å². The molecular formula is C19H23BrN4O3. The number of amides is 1. The minimum atomic E-state index is -0.154. The summed E-state index contributed by atoms with van der Waals surface area (Å²) in [5.74, 6) is 2.07. The van der Waals surface area contributed by atoms with Crippen LogP contribution in [0, 0.1) is 5.92 Å². The summed E-state index contributed by atoms with van der Waals surface area (Å²) < 4.78 is 11.3. The van der Waals surface area contributed by atoms with E-state index in [0.717, 1.165) is 48.3 Å². The molecule has 0 aromatic carbocycles. The summed E-state index contributed by atoms with van der Waals surface area (Å²) in [5.41, 5.74) is 1.48. The average Bonchev–Trinajstić information content (AvgIpc) is 3.27. The monoisotopic (exact) mass is 434 g/mol. The summed E-state index contributed by atoms with van der Waals surface area (Å²) in [4.78, 5) is 19.1. The summed E-state index contributed by atoms with van der Waals surface area (Å²) in [6.45, 7) is 4.65. The Hall–Kier alpha value is -1.93. The quantitative estimate of drug-likeness (QED) is 0.752. The van der Waals surface area contributed by atoms with Crippen LogP contribution < -0.4 is 10.1 Å². The van der Waals surface area contributed by atoms with Crippen molar-refractivity contribution in [3.63, 3.8) is 0 Å². The number of ether oxygens (including phenoxy) is 1. The zero-order valence-electron chi connectivity index (χ0n) is 15.4. The lowest BCUT2D eigenvalue weighted by Crippen LogP contribution is -2.40. The molecule has 1 saturated carbocycles. The van der Waals surface area contributed by atoms with E-state index >= 15 is 0 Å². The van der Waals surface area contributed by atoms with Crippen LogP contribution in [0.25, 0.3) is 0 Å². The molecule has 2 aromatic heterocycles. The van der Waals surface area contributed by atoms with Gasteiger partial charge in [-0.1, -0.05) is 12.1 Å². The van der Waals surface area contributed by atoms with Crippen LogP contribution >= 0.6 is 15.9 Å². The summed E-state index contributed by atoms with van der Waals surface area (Å²) in [5, 5.41) is 7.05. The van der Waals surface area contributed by atoms with Crippen molar-refractivity contribution in [1.82, 2.24) is 20.4 Å². The van der Waals surface area contributed by atoms with Gasteiger partial charge in [0.2, 0.25) is 5.88 Å². The topological polar surface area (TPSA) is 80.5 Å². The maximum atomic E-state index is 12.5. The maximum Gasteiger partial charge on any atom is 0.273 e. The normalized spacial score (nSPS) is 22.8. The van der Waals surface area contributed by atoms with Crippen molar-refractivity contribution in [2.24, 2.45) is 5.92 Å². The number of carbonyl (C=O) groups excluding carboxylic acids is 1. The third-order valence-corrected chi connectivity index (χ3v) is 5.78. The molecule has 2 aromatic rings. The van der Waals surface area contributed by atoms with E-state index in [4.69, 9.17) is 9.26 Å². The number of pyridine rings is 1. The van der Waals surface area contributed by atoms with Crippen molar-refractivity contribution in [3.8, 4) is 5.88 Å². The maximum absolute atomic E-state index is 12.5. The van der Waals surface area contributed by atoms with Crippen LogP contribution in [0.15, 0.2) is 27.3 Å². The molecule has 2 fully saturated rings. The standard InChI is InChI=1S/C19H23BrN4O3/c1-11-8-24(9-12-5-14(20)19(26-2)21-7-12)10-16(11)22-18(25)15-6-17(27-23-15)13-3-4-13/h5-7,11,13,16H,3-4,8-10H2,1-2H3,(H,22,25)/t11-,16+/m0/s1. The summed E-state index contributed by atoms with van der Waals surface area (Å²) in [6.07, 6.45) is 4.08. The fourth-order valence-electron chi connectivity index (χ4n) is 3.54. The van der Waals surface area contributed by atoms with E-state index in [1.54, 1.807) is 13.2 Å². The van der Waals surface area contributed by atoms with E-state index in [1.165, 1.54) is 0 Å². The van der Waals surface area contributed by atoms with E-state index in [1.807, 2.05) is 12.3 Å². The molecular weight excluding hydrogens is 412 g/mol. The third kappa shape index (κ3) is 4.16. The molecule has 0 spiro atoms. The van der Waals surface area contributed by atoms with E-state index in [2.05, 4.69) is 43.2 Å². The second-order valence-corrected chi connectivity index (χ2v) is 8.33. The lowest BCUT2D eigenvalue weighted by Gasteiger charge is -2.17. The minimum Gasteiger partial charge on any atom is -0.480 e. The molecule has 3 heterocycles. The first-order chi connectivity index (χ1) is 13.0. The minimum absolute atomic E-state index is 0.0909. The zero-order valence-corrected chi connectivity index (χ0v) is 17.0. The van der Waals surface area contributed by atoms with Gasteiger partial charge in [-0.3, -0.25) is 9.69 Å². The third-order valence-electron chi connectivity index (χ3n) is 5.21. The van der Waals surface area contributed by atoms with Crippen LogP contribution in [0.3, 0.4) is 0 Å². The second-order valence-electron chi connectivity index (χ2n) is 7.47. The fraction of sp³-hybridized carbons (Fsp3) is 0.526. The number of carbonyl (C=O) groups is 1. The molecule has 144 valence electrons. The van der Waals surface area contributed by atoms with Crippen LogP contribution in [-0.4, -0.2) is 47.2 Å². The second kappa shape index (κ2) is 7.59. The molecule has 1 amide bonds. The van der Waals surface area contributed by atoms with E-state index in [-0.39, 0.29) is 11.9 Å². The van der Waals surface area contributed by atoms with Gasteiger partial charge in [-0.15, -0.1) is 0 Å². The molecule has 4 rings (SSSR count). The average molecular weight is 435 g/mol. The first kappa shape index (κ1) is 18.4. The van der Waals surface area contributed by atoms with Gasteiger partial charge in [0.05, 0.1) is 11.6 Å². The van der Waals surface area contributed by atoms with E-state index in [0.29, 0.717) is 23.4 Å². The van der Waals surface area contributed by atoms with Crippen LogP contribution in [-0.2, 0) is 6.54 Å². The Kier molecular flexibility index (Phi) is 5.19. The summed E-state index contributed by atoms with van der Waals surface area (Å²) >= 11 is 3.48. The predicted octanol–water partition coefficient (Wildman–Crippen LogP) is 2.97. The van der Waals surface area contributed by atoms with E-state index < -0.39 is 0 Å². The van der Waals surface area contributed by atoms with Crippen LogP contribution in [0.5, 0.6) is 5.88 Å². The molecule has 1 aliphatic carbocycles. The van der Waals surface area contributed by atoms with Gasteiger partial charge in [-0.2, -0.15) is 0 Å². The SMILES string of the molecule is COc1ncc(CN2C[C@H](C)[C@H](NC(=O)c3cc(C4CC4)on3)C2)cc1Br. The van der Waals surface area contributed by atoms with Crippen molar-refractivity contribution in [1.29, 1.82) is 0 Å². The Balaban J connectivity index is 1.34. The molecule has 1 saturated heterocycles. The number of hydrogen-bond donors (Lipinski definition) is 1. The first-order valence-corrected chi connectivity index (χ1v) is 10.0. The van der Waals surface area contributed by atoms with Gasteiger partial charge in [0, 0.05) is 43.9 Å². The molecule has 8 heteroatoms. The first-order valence-electron chi connectivity index (χ1n) is 9.21. The zero-order chi connectivity index (χ0) is 19.0. The smallest absolute Gasteiger partial charge is 0.273 e. The van der Waals surface area contributed by atoms with Gasteiger partial charge in [0.1, 0.15) is 5.76 Å². The number of halogens is 1. The fourth-order valence-corrected chi connectivity index (χ4v) is 4.10. The lowest BCUT2D eigenvalue weighted by atomic mass is 10.1. The molecule has 1 aliphatic heterocycles. The molecule has 0 bridgehead atoms. The largest absolute Gasteiger partial charge is 0.480 e. The molecule has 2 atom stereocenters. The number of hydrogen-bond acceptors (Lipinski definition) is 6. The van der Waals surface area contributed by atoms with Crippen molar-refractivity contribution in [3.05, 3.63) is 39.8 Å². The predicted molar refractivity (Wildman–Crippen MR) is 103 cm³/mol. The Labute approximate surface area is 166 Å². The molecule has 0 unspecified atom stereocenters. The Bertz CT molecular complexity index is 836. The van der Waals surface area contributed by atoms with Crippen LogP contribution in [0.2, 0.25) is 0 Å². The number of aromatic nitrogens is 2. The van der Waals surface area contributed by atoms with Gasteiger partial charge in [0.15, 0.2) is 5.69 Å². The highest BCUT2D eigenvalue weighted by atomic mass is 79.9. The molecule has 0 radical (unpaired) electrons. The Morgan fingerprint density at radius 3 is 2.93 bits per heavy atom. The van der Waals surface area contributed by atoms with Gasteiger partial charge in [0.25, 0.3) is 5.91 Å². The molecule has 2 aliphatic rings. The lowest BCUT2D eigenvalue weighted by molar-refractivity contribution is 0.0922. The highest BCUT2D eigenvalue weighted by Crippen LogP contribution is 2.40. The number of nitrogens with zero attached hydrogens (tertiary/aromatic N) is 3. The number of rotatable bonds is 6. The number of nitrogens with one attached hydrogen (secondary N) is 1. The molecule has 1 N–H and O–H groups in total. The summed E-state index contributed by atoms with van der Waals surface area (Å²) in [7, 11) is 1.60. The Morgan fingerprint density at radius 1 is 1.41 bits per heavy atom. The highest BCUT2D eigenvalue weighted by Gasteiger charge is 2.33. The van der Waals surface area contributed by atoms with Crippen molar-refractivity contribution in [2.75, 3.05) is 20.2 Å². The van der Waals surface area contributed by atoms with Crippen molar-refractivity contribution in [2.45, 2.75) is 38.3 Å². The van der Waals surface area contributed by atoms with Crippen LogP contribution in [0.1, 0.15) is 47.5 Å². The molecule has 27 heavy (non-hydrogen) atoms. The summed E-state index contributed by atoms with van der Waals surface area (Å²) in [6, 6.07) is 3.90. The van der Waals surface area contributed by atoms with Gasteiger partial charge >= 0.3 is 0 Å². The van der Waals surface area contributed by atoms with Gasteiger partial charge in [-0.05, 0) is 46.3 Å². The van der Waals surface area contributed by atoms with Crippen molar-refractivity contribution < 1.29 is 14.1 Å². The Morgan fingerprint density at radius 2 is 2.22 bits per heavy atom. The van der Waals surface area contributed by atoms with Gasteiger partial charge < -0.3 is 14.6 Å². The number of methoxy groups -OCH3 is 1. The van der Waals surface area contributed by atoms with Crippen molar-refractivity contribution >= 4 is 21.8 Å². The number of likely N-dealkylation sites (tertiary alicyclic amines) is 1.